The van der Waals surface area contributed by atoms with E-state index in [9.17, 15) is 9.59 Å². The van der Waals surface area contributed by atoms with Gasteiger partial charge in [-0.2, -0.15) is 0 Å². The van der Waals surface area contributed by atoms with E-state index in [1.807, 2.05) is 45.0 Å². The van der Waals surface area contributed by atoms with E-state index in [1.165, 1.54) is 13.3 Å². The van der Waals surface area contributed by atoms with Gasteiger partial charge in [0.15, 0.2) is 5.78 Å². The third-order valence-electron chi connectivity index (χ3n) is 4.08. The number of aryl methyl sites for hydroxylation is 1. The van der Waals surface area contributed by atoms with Crippen LogP contribution in [0, 0.1) is 6.92 Å². The number of ketones is 1. The molecule has 0 fully saturated rings. The molecule has 2 N–H and O–H groups in total. The fraction of sp³-hybridized carbons (Fsp3) is 0.261. The van der Waals surface area contributed by atoms with E-state index in [1.54, 1.807) is 24.5 Å². The van der Waals surface area contributed by atoms with Crippen LogP contribution in [0.4, 0.5) is 5.69 Å². The molecule has 30 heavy (non-hydrogen) atoms. The Balaban J connectivity index is 0.00000155. The summed E-state index contributed by atoms with van der Waals surface area (Å²) in [6, 6.07) is 11.5. The van der Waals surface area contributed by atoms with Crippen molar-refractivity contribution in [3.05, 3.63) is 72.1 Å². The molecule has 0 aliphatic carbocycles. The number of hydrogen-bond donors (Lipinski definition) is 2. The van der Waals surface area contributed by atoms with Crippen LogP contribution in [0.15, 0.2) is 55.1 Å². The van der Waals surface area contributed by atoms with Crippen molar-refractivity contribution in [3.63, 3.8) is 0 Å². The summed E-state index contributed by atoms with van der Waals surface area (Å²) in [5, 5.41) is 5.80. The molecule has 0 bridgehead atoms. The minimum absolute atomic E-state index is 0.0794. The minimum atomic E-state index is -0.264. The lowest BCUT2D eigenvalue weighted by atomic mass is 10.0. The Kier molecular flexibility index (Phi) is 8.77. The van der Waals surface area contributed by atoms with Crippen LogP contribution in [-0.2, 0) is 11.3 Å². The number of nitrogens with zero attached hydrogens (tertiary/aromatic N) is 3. The summed E-state index contributed by atoms with van der Waals surface area (Å²) in [5.74, 6) is -0.472. The van der Waals surface area contributed by atoms with Crippen LogP contribution < -0.4 is 10.6 Å². The van der Waals surface area contributed by atoms with Crippen LogP contribution in [0.5, 0.6) is 0 Å². The van der Waals surface area contributed by atoms with E-state index in [0.29, 0.717) is 12.2 Å². The standard InChI is InChI=1S/C21H21N5O2.C2H6/c1-14-4-3-5-16(8-14)17-9-19(21(15(2)27)24-10-17)26-20(28)12-23-11-18-6-7-22-13-25-18;1-2/h3-10,13,23H,11-12H2,1-2H3,(H,26,28);1-2H3. The molecule has 0 saturated carbocycles. The zero-order valence-electron chi connectivity index (χ0n) is 17.8. The fourth-order valence-corrected chi connectivity index (χ4v) is 2.74. The summed E-state index contributed by atoms with van der Waals surface area (Å²) < 4.78 is 0. The number of carbonyl (C=O) groups excluding carboxylic acids is 2. The molecule has 3 aromatic rings. The number of carbonyl (C=O) groups is 2. The lowest BCUT2D eigenvalue weighted by Gasteiger charge is -2.12. The van der Waals surface area contributed by atoms with Gasteiger partial charge in [-0.05, 0) is 24.6 Å². The monoisotopic (exact) mass is 405 g/mol. The largest absolute Gasteiger partial charge is 0.323 e. The maximum absolute atomic E-state index is 12.3. The van der Waals surface area contributed by atoms with Crippen molar-refractivity contribution in [2.75, 3.05) is 11.9 Å². The number of benzene rings is 1. The normalized spacial score (nSPS) is 10.0. The van der Waals surface area contributed by atoms with Crippen molar-refractivity contribution in [1.29, 1.82) is 0 Å². The van der Waals surface area contributed by atoms with Crippen molar-refractivity contribution in [2.45, 2.75) is 34.2 Å². The molecule has 0 saturated heterocycles. The zero-order chi connectivity index (χ0) is 21.9. The van der Waals surface area contributed by atoms with Crippen molar-refractivity contribution >= 4 is 17.4 Å². The Morgan fingerprint density at radius 2 is 1.83 bits per heavy atom. The summed E-state index contributed by atoms with van der Waals surface area (Å²) in [4.78, 5) is 36.4. The van der Waals surface area contributed by atoms with Crippen LogP contribution in [0.25, 0.3) is 11.1 Å². The number of nitrogens with one attached hydrogen (secondary N) is 2. The van der Waals surface area contributed by atoms with Gasteiger partial charge in [-0.3, -0.25) is 14.6 Å². The predicted molar refractivity (Wildman–Crippen MR) is 118 cm³/mol. The van der Waals surface area contributed by atoms with E-state index in [0.717, 1.165) is 22.4 Å². The second kappa shape index (κ2) is 11.5. The Hall–Kier alpha value is -3.45. The number of amides is 1. The van der Waals surface area contributed by atoms with Gasteiger partial charge in [0, 0.05) is 31.4 Å². The second-order valence-corrected chi connectivity index (χ2v) is 6.40. The van der Waals surface area contributed by atoms with E-state index >= 15 is 0 Å². The number of rotatable bonds is 7. The first-order chi connectivity index (χ1) is 14.5. The summed E-state index contributed by atoms with van der Waals surface area (Å²) in [7, 11) is 0. The molecule has 0 aliphatic rings. The second-order valence-electron chi connectivity index (χ2n) is 6.40. The van der Waals surface area contributed by atoms with Crippen molar-refractivity contribution in [3.8, 4) is 11.1 Å². The van der Waals surface area contributed by atoms with Gasteiger partial charge in [-0.1, -0.05) is 43.7 Å². The smallest absolute Gasteiger partial charge is 0.238 e. The maximum atomic E-state index is 12.3. The molecule has 0 radical (unpaired) electrons. The quantitative estimate of drug-likeness (QED) is 0.580. The van der Waals surface area contributed by atoms with Crippen LogP contribution in [-0.4, -0.2) is 33.2 Å². The van der Waals surface area contributed by atoms with Crippen LogP contribution >= 0.6 is 0 Å². The van der Waals surface area contributed by atoms with Crippen molar-refractivity contribution < 1.29 is 9.59 Å². The fourth-order valence-electron chi connectivity index (χ4n) is 2.74. The highest BCUT2D eigenvalue weighted by Gasteiger charge is 2.14. The maximum Gasteiger partial charge on any atom is 0.238 e. The zero-order valence-corrected chi connectivity index (χ0v) is 17.8. The molecule has 2 heterocycles. The van der Waals surface area contributed by atoms with Crippen LogP contribution in [0.2, 0.25) is 0 Å². The molecule has 156 valence electrons. The van der Waals surface area contributed by atoms with Crippen molar-refractivity contribution in [1.82, 2.24) is 20.3 Å². The van der Waals surface area contributed by atoms with Gasteiger partial charge in [0.25, 0.3) is 0 Å². The first-order valence-electron chi connectivity index (χ1n) is 9.86. The summed E-state index contributed by atoms with van der Waals surface area (Å²) >= 11 is 0. The number of pyridine rings is 1. The molecule has 7 nitrogen and oxygen atoms in total. The van der Waals surface area contributed by atoms with E-state index in [4.69, 9.17) is 0 Å². The average molecular weight is 406 g/mol. The highest BCUT2D eigenvalue weighted by molar-refractivity contribution is 6.03. The highest BCUT2D eigenvalue weighted by Crippen LogP contribution is 2.25. The molecular weight excluding hydrogens is 378 g/mol. The molecule has 1 amide bonds. The Bertz CT molecular complexity index is 990. The third-order valence-corrected chi connectivity index (χ3v) is 4.08. The first kappa shape index (κ1) is 22.8. The van der Waals surface area contributed by atoms with Crippen molar-refractivity contribution in [2.24, 2.45) is 0 Å². The molecule has 2 aromatic heterocycles. The Morgan fingerprint density at radius 1 is 1.03 bits per heavy atom. The van der Waals surface area contributed by atoms with Gasteiger partial charge in [-0.25, -0.2) is 9.97 Å². The van der Waals surface area contributed by atoms with Gasteiger partial charge in [-0.15, -0.1) is 0 Å². The topological polar surface area (TPSA) is 96.9 Å². The number of hydrogen-bond acceptors (Lipinski definition) is 6. The minimum Gasteiger partial charge on any atom is -0.323 e. The van der Waals surface area contributed by atoms with Gasteiger partial charge in [0.05, 0.1) is 17.9 Å². The van der Waals surface area contributed by atoms with Gasteiger partial charge >= 0.3 is 0 Å². The van der Waals surface area contributed by atoms with Gasteiger partial charge < -0.3 is 10.6 Å². The number of Topliss-reactive ketones (excluding diaryl/α,β-unsaturated/α-hetero) is 1. The van der Waals surface area contributed by atoms with E-state index in [2.05, 4.69) is 25.6 Å². The van der Waals surface area contributed by atoms with Gasteiger partial charge in [0.2, 0.25) is 5.91 Å². The molecule has 0 spiro atoms. The van der Waals surface area contributed by atoms with E-state index in [-0.39, 0.29) is 23.9 Å². The summed E-state index contributed by atoms with van der Waals surface area (Å²) in [5.41, 5.74) is 4.35. The Morgan fingerprint density at radius 3 is 2.50 bits per heavy atom. The predicted octanol–water partition coefficient (Wildman–Crippen LogP) is 3.80. The lowest BCUT2D eigenvalue weighted by molar-refractivity contribution is -0.115. The molecule has 0 unspecified atom stereocenters. The number of aromatic nitrogens is 3. The SMILES string of the molecule is CC.CC(=O)c1ncc(-c2cccc(C)c2)cc1NC(=O)CNCc1ccncn1. The molecule has 7 heteroatoms. The van der Waals surface area contributed by atoms with Gasteiger partial charge in [0.1, 0.15) is 12.0 Å². The lowest BCUT2D eigenvalue weighted by Crippen LogP contribution is -2.28. The molecule has 1 aromatic carbocycles. The summed E-state index contributed by atoms with van der Waals surface area (Å²) in [6.07, 6.45) is 4.75. The highest BCUT2D eigenvalue weighted by atomic mass is 16.2. The molecule has 0 atom stereocenters. The number of anilines is 1. The molecule has 3 rings (SSSR count). The summed E-state index contributed by atoms with van der Waals surface area (Å²) in [6.45, 7) is 7.96. The first-order valence-corrected chi connectivity index (χ1v) is 9.86. The average Bonchev–Trinajstić information content (AvgIpc) is 2.75. The third kappa shape index (κ3) is 6.56. The Labute approximate surface area is 177 Å². The molecular formula is C23H27N5O2. The molecule has 0 aliphatic heterocycles. The van der Waals surface area contributed by atoms with E-state index < -0.39 is 0 Å². The van der Waals surface area contributed by atoms with Crippen LogP contribution in [0.3, 0.4) is 0 Å². The van der Waals surface area contributed by atoms with Crippen LogP contribution in [0.1, 0.15) is 42.5 Å².